The Morgan fingerprint density at radius 1 is 1.12 bits per heavy atom. The predicted molar refractivity (Wildman–Crippen MR) is 65.5 cm³/mol. The Balaban J connectivity index is 2.59. The smallest absolute Gasteiger partial charge is 0.102 e. The molecule has 0 aromatic carbocycles. The zero-order chi connectivity index (χ0) is 11.8. The number of hydrogen-bond acceptors (Lipinski definition) is 2. The van der Waals surface area contributed by atoms with E-state index >= 15 is 0 Å². The number of nitriles is 1. The van der Waals surface area contributed by atoms with E-state index in [1.165, 1.54) is 0 Å². The molecule has 3 rings (SSSR count). The third-order valence-electron chi connectivity index (χ3n) is 2.95. The molecular formula is C14H9N3. The maximum atomic E-state index is 9.09. The van der Waals surface area contributed by atoms with Crippen LogP contribution in [0, 0.1) is 16.7 Å². The molecule has 0 unspecified atom stereocenters. The SMILES string of the molecule is N#Cc1c2ccccc3c[nH]cc3c-2cc1=N. The monoisotopic (exact) mass is 219 g/mol. The summed E-state index contributed by atoms with van der Waals surface area (Å²) in [6, 6.07) is 11.6. The summed E-state index contributed by atoms with van der Waals surface area (Å²) < 4.78 is 0. The van der Waals surface area contributed by atoms with Crippen molar-refractivity contribution in [3.05, 3.63) is 53.6 Å². The van der Waals surface area contributed by atoms with Crippen molar-refractivity contribution in [1.82, 2.24) is 4.98 Å². The van der Waals surface area contributed by atoms with E-state index in [1.54, 1.807) is 6.07 Å². The Bertz CT molecular complexity index is 778. The number of fused-ring (bicyclic) bond motifs is 3. The van der Waals surface area contributed by atoms with Crippen molar-refractivity contribution in [3.8, 4) is 17.2 Å². The van der Waals surface area contributed by atoms with Crippen LogP contribution < -0.4 is 5.36 Å². The van der Waals surface area contributed by atoms with Crippen LogP contribution in [0.4, 0.5) is 0 Å². The third-order valence-corrected chi connectivity index (χ3v) is 2.95. The van der Waals surface area contributed by atoms with E-state index in [2.05, 4.69) is 11.1 Å². The van der Waals surface area contributed by atoms with E-state index in [1.807, 2.05) is 36.7 Å². The maximum Gasteiger partial charge on any atom is 0.102 e. The minimum atomic E-state index is 0.288. The maximum absolute atomic E-state index is 9.09. The van der Waals surface area contributed by atoms with Crippen LogP contribution in [0.5, 0.6) is 0 Å². The van der Waals surface area contributed by atoms with Gasteiger partial charge in [-0.25, -0.2) is 0 Å². The number of H-pyrrole nitrogens is 1. The number of nitrogens with one attached hydrogen (secondary N) is 2. The average Bonchev–Trinajstić information content (AvgIpc) is 2.86. The van der Waals surface area contributed by atoms with E-state index < -0.39 is 0 Å². The molecule has 0 amide bonds. The van der Waals surface area contributed by atoms with Crippen LogP contribution in [0.3, 0.4) is 0 Å². The number of aromatic amines is 1. The van der Waals surface area contributed by atoms with Crippen LogP contribution in [-0.2, 0) is 0 Å². The molecule has 0 saturated heterocycles. The standard InChI is InChI=1S/C14H9N3/c15-6-12-10-4-2-1-3-9-7-17-8-13(9)11(10)5-14(12)16/h1-5,7-8,16-17H. The number of hydrogen-bond donors (Lipinski definition) is 2. The molecule has 2 aliphatic rings. The Kier molecular flexibility index (Phi) is 1.96. The van der Waals surface area contributed by atoms with Crippen molar-refractivity contribution in [2.24, 2.45) is 0 Å². The molecule has 0 fully saturated rings. The molecule has 0 bridgehead atoms. The summed E-state index contributed by atoms with van der Waals surface area (Å²) in [4.78, 5) is 3.06. The molecule has 1 aromatic heterocycles. The van der Waals surface area contributed by atoms with Gasteiger partial charge in [0, 0.05) is 23.3 Å². The highest BCUT2D eigenvalue weighted by Gasteiger charge is 2.13. The quantitative estimate of drug-likeness (QED) is 0.599. The Morgan fingerprint density at radius 2 is 1.94 bits per heavy atom. The molecule has 3 heteroatoms. The molecule has 3 nitrogen and oxygen atoms in total. The molecule has 2 aliphatic carbocycles. The van der Waals surface area contributed by atoms with Gasteiger partial charge in [0.1, 0.15) is 6.07 Å². The third kappa shape index (κ3) is 1.31. The van der Waals surface area contributed by atoms with Gasteiger partial charge in [0.15, 0.2) is 0 Å². The van der Waals surface area contributed by atoms with Crippen LogP contribution in [-0.4, -0.2) is 4.98 Å². The fraction of sp³-hybridized carbons (Fsp3) is 0. The number of rotatable bonds is 0. The lowest BCUT2D eigenvalue weighted by atomic mass is 10.0. The van der Waals surface area contributed by atoms with Gasteiger partial charge in [-0.2, -0.15) is 5.26 Å². The molecular weight excluding hydrogens is 210 g/mol. The first kappa shape index (κ1) is 9.61. The van der Waals surface area contributed by atoms with Gasteiger partial charge in [0.25, 0.3) is 0 Å². The topological polar surface area (TPSA) is 63.4 Å². The van der Waals surface area contributed by atoms with Gasteiger partial charge < -0.3 is 4.98 Å². The molecule has 80 valence electrons. The van der Waals surface area contributed by atoms with Crippen molar-refractivity contribution in [2.75, 3.05) is 0 Å². The van der Waals surface area contributed by atoms with Crippen molar-refractivity contribution in [2.45, 2.75) is 0 Å². The van der Waals surface area contributed by atoms with Gasteiger partial charge >= 0.3 is 0 Å². The van der Waals surface area contributed by atoms with E-state index in [0.29, 0.717) is 5.56 Å². The lowest BCUT2D eigenvalue weighted by molar-refractivity contribution is 1.28. The van der Waals surface area contributed by atoms with Gasteiger partial charge in [-0.1, -0.05) is 24.3 Å². The second kappa shape index (κ2) is 3.46. The second-order valence-corrected chi connectivity index (χ2v) is 3.91. The fourth-order valence-corrected chi connectivity index (χ4v) is 2.15. The predicted octanol–water partition coefficient (Wildman–Crippen LogP) is 2.62. The van der Waals surface area contributed by atoms with Crippen LogP contribution in [0.25, 0.3) is 21.9 Å². The minimum absolute atomic E-state index is 0.288. The molecule has 0 atom stereocenters. The minimum Gasteiger partial charge on any atom is -0.366 e. The summed E-state index contributed by atoms with van der Waals surface area (Å²) in [6.07, 6.45) is 3.82. The summed E-state index contributed by atoms with van der Waals surface area (Å²) in [5, 5.41) is 19.3. The van der Waals surface area contributed by atoms with Crippen LogP contribution >= 0.6 is 0 Å². The normalized spacial score (nSPS) is 10.5. The van der Waals surface area contributed by atoms with Crippen LogP contribution in [0.2, 0.25) is 0 Å². The van der Waals surface area contributed by atoms with Crippen molar-refractivity contribution in [1.29, 1.82) is 10.7 Å². The largest absolute Gasteiger partial charge is 0.366 e. The first-order valence-electron chi connectivity index (χ1n) is 5.28. The van der Waals surface area contributed by atoms with Crippen molar-refractivity contribution in [3.63, 3.8) is 0 Å². The summed E-state index contributed by atoms with van der Waals surface area (Å²) >= 11 is 0. The lowest BCUT2D eigenvalue weighted by Crippen LogP contribution is -1.95. The average molecular weight is 219 g/mol. The van der Waals surface area contributed by atoms with Crippen LogP contribution in [0.1, 0.15) is 5.56 Å². The van der Waals surface area contributed by atoms with E-state index in [0.717, 1.165) is 21.9 Å². The molecule has 0 radical (unpaired) electrons. The second-order valence-electron chi connectivity index (χ2n) is 3.91. The number of aromatic nitrogens is 1. The zero-order valence-electron chi connectivity index (χ0n) is 8.99. The van der Waals surface area contributed by atoms with E-state index in [4.69, 9.17) is 10.7 Å². The highest BCUT2D eigenvalue weighted by molar-refractivity contribution is 5.97. The van der Waals surface area contributed by atoms with E-state index in [9.17, 15) is 0 Å². The first-order chi connectivity index (χ1) is 8.31. The fourth-order valence-electron chi connectivity index (χ4n) is 2.15. The molecule has 0 aliphatic heterocycles. The highest BCUT2D eigenvalue weighted by Crippen LogP contribution is 2.29. The van der Waals surface area contributed by atoms with E-state index in [-0.39, 0.29) is 5.36 Å². The Labute approximate surface area is 97.8 Å². The first-order valence-corrected chi connectivity index (χ1v) is 5.28. The summed E-state index contributed by atoms with van der Waals surface area (Å²) in [7, 11) is 0. The molecule has 0 spiro atoms. The van der Waals surface area contributed by atoms with Crippen molar-refractivity contribution < 1.29 is 0 Å². The van der Waals surface area contributed by atoms with Gasteiger partial charge in [-0.3, -0.25) is 5.41 Å². The highest BCUT2D eigenvalue weighted by atomic mass is 14.6. The Morgan fingerprint density at radius 3 is 2.76 bits per heavy atom. The van der Waals surface area contributed by atoms with Gasteiger partial charge in [-0.05, 0) is 17.0 Å². The molecule has 1 aromatic rings. The summed E-state index contributed by atoms with van der Waals surface area (Å²) in [5.74, 6) is 0. The molecule has 0 saturated carbocycles. The molecule has 17 heavy (non-hydrogen) atoms. The Hall–Kier alpha value is -2.60. The zero-order valence-corrected chi connectivity index (χ0v) is 8.99. The van der Waals surface area contributed by atoms with Gasteiger partial charge in [0.05, 0.1) is 10.9 Å². The van der Waals surface area contributed by atoms with Crippen LogP contribution in [0.15, 0.2) is 42.7 Å². The van der Waals surface area contributed by atoms with Crippen molar-refractivity contribution >= 4 is 10.8 Å². The van der Waals surface area contributed by atoms with Gasteiger partial charge in [0.2, 0.25) is 0 Å². The lowest BCUT2D eigenvalue weighted by Gasteiger charge is -1.97. The molecule has 2 N–H and O–H groups in total. The summed E-state index contributed by atoms with van der Waals surface area (Å²) in [6.45, 7) is 0. The molecule has 1 heterocycles. The number of nitrogens with zero attached hydrogens (tertiary/aromatic N) is 1. The van der Waals surface area contributed by atoms with Gasteiger partial charge in [-0.15, -0.1) is 0 Å². The summed E-state index contributed by atoms with van der Waals surface area (Å²) in [5.41, 5.74) is 2.23.